The number of hydrogen-bond donors (Lipinski definition) is 3. The van der Waals surface area contributed by atoms with Crippen molar-refractivity contribution in [3.8, 4) is 5.75 Å². The lowest BCUT2D eigenvalue weighted by Crippen LogP contribution is -2.43. The van der Waals surface area contributed by atoms with Crippen LogP contribution in [-0.4, -0.2) is 29.1 Å². The van der Waals surface area contributed by atoms with Gasteiger partial charge in [-0.05, 0) is 32.9 Å². The van der Waals surface area contributed by atoms with Crippen LogP contribution >= 0.6 is 0 Å². The van der Waals surface area contributed by atoms with E-state index in [-0.39, 0.29) is 23.9 Å². The molecule has 0 aromatic heterocycles. The lowest BCUT2D eigenvalue weighted by molar-refractivity contribution is -0.124. The largest absolute Gasteiger partial charge is 0.484 e. The topological polar surface area (TPSA) is 96.9 Å². The molecule has 19 heavy (non-hydrogen) atoms. The molecule has 104 valence electrons. The molecule has 0 aliphatic heterocycles. The van der Waals surface area contributed by atoms with E-state index >= 15 is 0 Å². The highest BCUT2D eigenvalue weighted by molar-refractivity contribution is 5.97. The number of nitrogens with two attached hydrogens (primary N) is 1. The second-order valence-electron chi connectivity index (χ2n) is 5.10. The fraction of sp³-hybridized carbons (Fsp3) is 0.385. The van der Waals surface area contributed by atoms with Gasteiger partial charge in [0.2, 0.25) is 0 Å². The molecule has 0 heterocycles. The third kappa shape index (κ3) is 5.29. The fourth-order valence-electron chi connectivity index (χ4n) is 1.41. The molecule has 0 spiro atoms. The molecule has 0 aliphatic rings. The molecule has 0 unspecified atom stereocenters. The molecule has 0 saturated heterocycles. The van der Waals surface area contributed by atoms with E-state index in [4.69, 9.17) is 15.7 Å². The molecule has 4 N–H and O–H groups in total. The number of amidine groups is 1. The molecule has 1 amide bonds. The lowest BCUT2D eigenvalue weighted by Gasteiger charge is -2.20. The van der Waals surface area contributed by atoms with Gasteiger partial charge in [-0.1, -0.05) is 17.3 Å². The summed E-state index contributed by atoms with van der Waals surface area (Å²) in [7, 11) is 0. The highest BCUT2D eigenvalue weighted by Crippen LogP contribution is 2.13. The van der Waals surface area contributed by atoms with E-state index in [0.29, 0.717) is 11.3 Å². The lowest BCUT2D eigenvalue weighted by atomic mass is 10.1. The summed E-state index contributed by atoms with van der Waals surface area (Å²) in [5, 5.41) is 14.3. The van der Waals surface area contributed by atoms with Crippen molar-refractivity contribution in [1.82, 2.24) is 5.32 Å². The minimum absolute atomic E-state index is 0.00964. The van der Waals surface area contributed by atoms with Crippen LogP contribution in [0.2, 0.25) is 0 Å². The molecule has 0 aliphatic carbocycles. The first-order valence-electron chi connectivity index (χ1n) is 5.83. The number of carbonyl (C=O) groups is 1. The maximum atomic E-state index is 11.6. The van der Waals surface area contributed by atoms with E-state index in [1.165, 1.54) is 0 Å². The maximum Gasteiger partial charge on any atom is 0.258 e. The summed E-state index contributed by atoms with van der Waals surface area (Å²) < 4.78 is 5.34. The Morgan fingerprint density at radius 1 is 1.47 bits per heavy atom. The van der Waals surface area contributed by atoms with Crippen molar-refractivity contribution < 1.29 is 14.7 Å². The SMILES string of the molecule is CC(C)(C)NC(=O)COc1cccc(/C(N)=N/O)c1. The summed E-state index contributed by atoms with van der Waals surface area (Å²) in [6, 6.07) is 6.67. The van der Waals surface area contributed by atoms with Crippen molar-refractivity contribution in [2.75, 3.05) is 6.61 Å². The van der Waals surface area contributed by atoms with Gasteiger partial charge in [-0.25, -0.2) is 0 Å². The number of nitrogens with one attached hydrogen (secondary N) is 1. The van der Waals surface area contributed by atoms with Gasteiger partial charge in [0.1, 0.15) is 5.75 Å². The van der Waals surface area contributed by atoms with E-state index in [0.717, 1.165) is 0 Å². The normalized spacial score (nSPS) is 12.1. The minimum atomic E-state index is -0.295. The van der Waals surface area contributed by atoms with Crippen LogP contribution in [-0.2, 0) is 4.79 Å². The first-order chi connectivity index (χ1) is 8.81. The second-order valence-corrected chi connectivity index (χ2v) is 5.10. The summed E-state index contributed by atoms with van der Waals surface area (Å²) in [4.78, 5) is 11.6. The van der Waals surface area contributed by atoms with Crippen LogP contribution in [0.4, 0.5) is 0 Å². The Balaban J connectivity index is 2.61. The van der Waals surface area contributed by atoms with Crippen molar-refractivity contribution in [3.05, 3.63) is 29.8 Å². The van der Waals surface area contributed by atoms with E-state index in [9.17, 15) is 4.79 Å². The second kappa shape index (κ2) is 6.08. The molecular weight excluding hydrogens is 246 g/mol. The zero-order valence-electron chi connectivity index (χ0n) is 11.3. The van der Waals surface area contributed by atoms with E-state index in [2.05, 4.69) is 10.5 Å². The number of oxime groups is 1. The number of benzene rings is 1. The van der Waals surface area contributed by atoms with Gasteiger partial charge >= 0.3 is 0 Å². The van der Waals surface area contributed by atoms with Gasteiger partial charge in [-0.2, -0.15) is 0 Å². The Morgan fingerprint density at radius 3 is 2.74 bits per heavy atom. The molecular formula is C13H19N3O3. The van der Waals surface area contributed by atoms with Crippen molar-refractivity contribution in [2.24, 2.45) is 10.9 Å². The third-order valence-electron chi connectivity index (χ3n) is 2.12. The monoisotopic (exact) mass is 265 g/mol. The molecule has 0 saturated carbocycles. The van der Waals surface area contributed by atoms with Crippen LogP contribution in [0.3, 0.4) is 0 Å². The summed E-state index contributed by atoms with van der Waals surface area (Å²) >= 11 is 0. The Bertz CT molecular complexity index is 478. The summed E-state index contributed by atoms with van der Waals surface area (Å²) in [5.74, 6) is 0.263. The molecule has 0 fully saturated rings. The first-order valence-corrected chi connectivity index (χ1v) is 5.83. The van der Waals surface area contributed by atoms with Gasteiger partial charge in [0.25, 0.3) is 5.91 Å². The highest BCUT2D eigenvalue weighted by Gasteiger charge is 2.14. The Hall–Kier alpha value is -2.24. The van der Waals surface area contributed by atoms with E-state index in [1.807, 2.05) is 20.8 Å². The predicted octanol–water partition coefficient (Wildman–Crippen LogP) is 1.07. The van der Waals surface area contributed by atoms with Crippen LogP contribution in [0.25, 0.3) is 0 Å². The highest BCUT2D eigenvalue weighted by atomic mass is 16.5. The molecule has 1 rings (SSSR count). The van der Waals surface area contributed by atoms with Crippen molar-refractivity contribution in [3.63, 3.8) is 0 Å². The van der Waals surface area contributed by atoms with Gasteiger partial charge in [0, 0.05) is 11.1 Å². The third-order valence-corrected chi connectivity index (χ3v) is 2.12. The molecule has 6 heteroatoms. The quantitative estimate of drug-likeness (QED) is 0.328. The molecule has 6 nitrogen and oxygen atoms in total. The standard InChI is InChI=1S/C13H19N3O3/c1-13(2,3)15-11(17)8-19-10-6-4-5-9(7-10)12(14)16-18/h4-7,18H,8H2,1-3H3,(H2,14,16)(H,15,17). The van der Waals surface area contributed by atoms with Gasteiger partial charge in [0.05, 0.1) is 0 Å². The Labute approximate surface area is 112 Å². The number of amides is 1. The molecule has 0 bridgehead atoms. The molecule has 0 atom stereocenters. The number of nitrogens with zero attached hydrogens (tertiary/aromatic N) is 1. The summed E-state index contributed by atoms with van der Waals surface area (Å²) in [6.45, 7) is 5.59. The van der Waals surface area contributed by atoms with Crippen LogP contribution in [0.15, 0.2) is 29.4 Å². The molecule has 1 aromatic carbocycles. The number of hydrogen-bond acceptors (Lipinski definition) is 4. The number of ether oxygens (including phenoxy) is 1. The Kier molecular flexibility index (Phi) is 4.74. The molecule has 0 radical (unpaired) electrons. The van der Waals surface area contributed by atoms with Crippen molar-refractivity contribution in [2.45, 2.75) is 26.3 Å². The van der Waals surface area contributed by atoms with Gasteiger partial charge in [-0.15, -0.1) is 0 Å². The van der Waals surface area contributed by atoms with Crippen LogP contribution in [0.5, 0.6) is 5.75 Å². The first kappa shape index (κ1) is 14.8. The van der Waals surface area contributed by atoms with Gasteiger partial charge in [0.15, 0.2) is 12.4 Å². The summed E-state index contributed by atoms with van der Waals surface area (Å²) in [6.07, 6.45) is 0. The predicted molar refractivity (Wildman–Crippen MR) is 72.3 cm³/mol. The smallest absolute Gasteiger partial charge is 0.258 e. The van der Waals surface area contributed by atoms with Crippen LogP contribution < -0.4 is 15.8 Å². The fourth-order valence-corrected chi connectivity index (χ4v) is 1.41. The average Bonchev–Trinajstić information content (AvgIpc) is 2.34. The minimum Gasteiger partial charge on any atom is -0.484 e. The van der Waals surface area contributed by atoms with Crippen molar-refractivity contribution >= 4 is 11.7 Å². The number of carbonyl (C=O) groups excluding carboxylic acids is 1. The average molecular weight is 265 g/mol. The maximum absolute atomic E-state index is 11.6. The zero-order valence-corrected chi connectivity index (χ0v) is 11.3. The number of rotatable bonds is 4. The zero-order chi connectivity index (χ0) is 14.5. The van der Waals surface area contributed by atoms with Gasteiger partial charge in [-0.3, -0.25) is 4.79 Å². The van der Waals surface area contributed by atoms with Crippen LogP contribution in [0.1, 0.15) is 26.3 Å². The summed E-state index contributed by atoms with van der Waals surface area (Å²) in [5.41, 5.74) is 5.70. The van der Waals surface area contributed by atoms with Crippen LogP contribution in [0, 0.1) is 0 Å². The van der Waals surface area contributed by atoms with E-state index < -0.39 is 0 Å². The van der Waals surface area contributed by atoms with E-state index in [1.54, 1.807) is 24.3 Å². The molecule has 1 aromatic rings. The van der Waals surface area contributed by atoms with Crippen molar-refractivity contribution in [1.29, 1.82) is 0 Å². The Morgan fingerprint density at radius 2 is 2.16 bits per heavy atom. The van der Waals surface area contributed by atoms with Gasteiger partial charge < -0.3 is 21.0 Å².